The van der Waals surface area contributed by atoms with Gasteiger partial charge in [0.15, 0.2) is 5.69 Å². The lowest BCUT2D eigenvalue weighted by Gasteiger charge is -2.14. The maximum Gasteiger partial charge on any atom is 0.274 e. The van der Waals surface area contributed by atoms with Crippen LogP contribution in [0.5, 0.6) is 0 Å². The molecule has 0 bridgehead atoms. The molecule has 1 aliphatic rings. The Kier molecular flexibility index (Phi) is 2.86. The number of aromatic nitrogens is 2. The van der Waals surface area contributed by atoms with Gasteiger partial charge in [0.05, 0.1) is 11.1 Å². The van der Waals surface area contributed by atoms with Gasteiger partial charge in [-0.15, -0.1) is 16.7 Å². The fourth-order valence-corrected chi connectivity index (χ4v) is 1.84. The van der Waals surface area contributed by atoms with Crippen molar-refractivity contribution in [2.24, 2.45) is 0 Å². The fourth-order valence-electron chi connectivity index (χ4n) is 1.58. The van der Waals surface area contributed by atoms with Crippen LogP contribution in [0.15, 0.2) is 12.1 Å². The molecule has 2 rings (SSSR count). The summed E-state index contributed by atoms with van der Waals surface area (Å²) in [6, 6.07) is 3.49. The second kappa shape index (κ2) is 4.14. The first-order chi connectivity index (χ1) is 7.16. The van der Waals surface area contributed by atoms with Gasteiger partial charge in [0, 0.05) is 13.1 Å². The Morgan fingerprint density at radius 2 is 2.33 bits per heavy atom. The minimum Gasteiger partial charge on any atom is -0.336 e. The maximum atomic E-state index is 11.9. The summed E-state index contributed by atoms with van der Waals surface area (Å²) in [7, 11) is 0. The SMILES string of the molecule is Cc1ccc(C(=O)N2CCC(Cl)C2)nn1. The van der Waals surface area contributed by atoms with Crippen molar-refractivity contribution in [3.63, 3.8) is 0 Å². The first-order valence-corrected chi connectivity index (χ1v) is 5.34. The normalized spacial score (nSPS) is 20.7. The van der Waals surface area contributed by atoms with E-state index in [1.54, 1.807) is 17.0 Å². The molecule has 0 aromatic carbocycles. The van der Waals surface area contributed by atoms with E-state index in [2.05, 4.69) is 10.2 Å². The molecule has 5 heteroatoms. The van der Waals surface area contributed by atoms with Gasteiger partial charge in [-0.3, -0.25) is 4.79 Å². The first kappa shape index (κ1) is 10.4. The van der Waals surface area contributed by atoms with Crippen molar-refractivity contribution in [1.29, 1.82) is 0 Å². The van der Waals surface area contributed by atoms with Crippen LogP contribution in [0.2, 0.25) is 0 Å². The lowest BCUT2D eigenvalue weighted by Crippen LogP contribution is -2.29. The summed E-state index contributed by atoms with van der Waals surface area (Å²) in [5.74, 6) is -0.0781. The third kappa shape index (κ3) is 2.26. The monoisotopic (exact) mass is 225 g/mol. The molecule has 4 nitrogen and oxygen atoms in total. The molecule has 2 heterocycles. The molecule has 15 heavy (non-hydrogen) atoms. The van der Waals surface area contributed by atoms with Crippen LogP contribution in [0.4, 0.5) is 0 Å². The van der Waals surface area contributed by atoms with Gasteiger partial charge in [-0.25, -0.2) is 0 Å². The Balaban J connectivity index is 2.11. The largest absolute Gasteiger partial charge is 0.336 e. The van der Waals surface area contributed by atoms with Gasteiger partial charge in [0.1, 0.15) is 0 Å². The topological polar surface area (TPSA) is 46.1 Å². The van der Waals surface area contributed by atoms with E-state index in [-0.39, 0.29) is 11.3 Å². The van der Waals surface area contributed by atoms with E-state index >= 15 is 0 Å². The van der Waals surface area contributed by atoms with Crippen LogP contribution in [0.25, 0.3) is 0 Å². The van der Waals surface area contributed by atoms with Gasteiger partial charge < -0.3 is 4.90 Å². The predicted molar refractivity (Wildman–Crippen MR) is 56.9 cm³/mol. The highest BCUT2D eigenvalue weighted by Crippen LogP contribution is 2.16. The number of aryl methyl sites for hydroxylation is 1. The van der Waals surface area contributed by atoms with Crippen LogP contribution < -0.4 is 0 Å². The highest BCUT2D eigenvalue weighted by molar-refractivity contribution is 6.21. The van der Waals surface area contributed by atoms with Gasteiger partial charge >= 0.3 is 0 Å². The first-order valence-electron chi connectivity index (χ1n) is 4.90. The van der Waals surface area contributed by atoms with E-state index < -0.39 is 0 Å². The summed E-state index contributed by atoms with van der Waals surface area (Å²) in [5.41, 5.74) is 1.20. The number of carbonyl (C=O) groups is 1. The number of halogens is 1. The maximum absolute atomic E-state index is 11.9. The zero-order chi connectivity index (χ0) is 10.8. The quantitative estimate of drug-likeness (QED) is 0.676. The van der Waals surface area contributed by atoms with Gasteiger partial charge in [0.2, 0.25) is 0 Å². The molecule has 80 valence electrons. The molecule has 1 fully saturated rings. The molecule has 1 amide bonds. The number of alkyl halides is 1. The third-order valence-corrected chi connectivity index (χ3v) is 2.79. The lowest BCUT2D eigenvalue weighted by atomic mass is 10.3. The number of hydrogen-bond donors (Lipinski definition) is 0. The Bertz CT molecular complexity index is 365. The summed E-state index contributed by atoms with van der Waals surface area (Å²) in [6.45, 7) is 3.16. The summed E-state index contributed by atoms with van der Waals surface area (Å²) in [6.07, 6.45) is 0.854. The van der Waals surface area contributed by atoms with Gasteiger partial charge in [-0.05, 0) is 25.5 Å². The molecule has 0 aliphatic carbocycles. The molecule has 1 saturated heterocycles. The highest BCUT2D eigenvalue weighted by atomic mass is 35.5. The minimum absolute atomic E-state index is 0.0763. The Labute approximate surface area is 93.2 Å². The Morgan fingerprint density at radius 1 is 1.53 bits per heavy atom. The van der Waals surface area contributed by atoms with E-state index in [1.165, 1.54) is 0 Å². The predicted octanol–water partition coefficient (Wildman–Crippen LogP) is 1.24. The summed E-state index contributed by atoms with van der Waals surface area (Å²) in [5, 5.41) is 7.80. The molecule has 1 aromatic rings. The van der Waals surface area contributed by atoms with E-state index in [4.69, 9.17) is 11.6 Å². The zero-order valence-electron chi connectivity index (χ0n) is 8.48. The van der Waals surface area contributed by atoms with Crippen LogP contribution in [0.1, 0.15) is 22.6 Å². The van der Waals surface area contributed by atoms with E-state index in [0.717, 1.165) is 12.1 Å². The standard InChI is InChI=1S/C10H12ClN3O/c1-7-2-3-9(13-12-7)10(15)14-5-4-8(11)6-14/h2-3,8H,4-6H2,1H3. The van der Waals surface area contributed by atoms with Crippen LogP contribution >= 0.6 is 11.6 Å². The molecule has 1 unspecified atom stereocenters. The van der Waals surface area contributed by atoms with Gasteiger partial charge in [-0.1, -0.05) is 0 Å². The zero-order valence-corrected chi connectivity index (χ0v) is 9.24. The van der Waals surface area contributed by atoms with Gasteiger partial charge in [0.25, 0.3) is 5.91 Å². The average Bonchev–Trinajstić information content (AvgIpc) is 2.65. The number of likely N-dealkylation sites (tertiary alicyclic amines) is 1. The van der Waals surface area contributed by atoms with Crippen molar-refractivity contribution < 1.29 is 4.79 Å². The van der Waals surface area contributed by atoms with Crippen LogP contribution in [0, 0.1) is 6.92 Å². The molecular formula is C10H12ClN3O. The van der Waals surface area contributed by atoms with Crippen LogP contribution in [-0.4, -0.2) is 39.5 Å². The van der Waals surface area contributed by atoms with Crippen molar-refractivity contribution in [2.45, 2.75) is 18.7 Å². The number of nitrogens with zero attached hydrogens (tertiary/aromatic N) is 3. The van der Waals surface area contributed by atoms with Crippen molar-refractivity contribution in [2.75, 3.05) is 13.1 Å². The van der Waals surface area contributed by atoms with E-state index in [0.29, 0.717) is 18.8 Å². The van der Waals surface area contributed by atoms with E-state index in [1.807, 2.05) is 6.92 Å². The van der Waals surface area contributed by atoms with Crippen LogP contribution in [-0.2, 0) is 0 Å². The summed E-state index contributed by atoms with van der Waals surface area (Å²) >= 11 is 5.93. The van der Waals surface area contributed by atoms with Crippen molar-refractivity contribution >= 4 is 17.5 Å². The average molecular weight is 226 g/mol. The number of hydrogen-bond acceptors (Lipinski definition) is 3. The second-order valence-electron chi connectivity index (χ2n) is 3.70. The number of rotatable bonds is 1. The minimum atomic E-state index is -0.0781. The summed E-state index contributed by atoms with van der Waals surface area (Å²) < 4.78 is 0. The van der Waals surface area contributed by atoms with Crippen LogP contribution in [0.3, 0.4) is 0 Å². The molecule has 0 radical (unpaired) electrons. The molecular weight excluding hydrogens is 214 g/mol. The van der Waals surface area contributed by atoms with Crippen molar-refractivity contribution in [1.82, 2.24) is 15.1 Å². The molecule has 0 saturated carbocycles. The molecule has 0 spiro atoms. The van der Waals surface area contributed by atoms with Crippen molar-refractivity contribution in [3.05, 3.63) is 23.5 Å². The number of amides is 1. The molecule has 0 N–H and O–H groups in total. The molecule has 1 atom stereocenters. The van der Waals surface area contributed by atoms with Crippen molar-refractivity contribution in [3.8, 4) is 0 Å². The smallest absolute Gasteiger partial charge is 0.274 e. The molecule has 1 aromatic heterocycles. The highest BCUT2D eigenvalue weighted by Gasteiger charge is 2.26. The Morgan fingerprint density at radius 3 is 2.87 bits per heavy atom. The van der Waals surface area contributed by atoms with Gasteiger partial charge in [-0.2, -0.15) is 5.10 Å². The lowest BCUT2D eigenvalue weighted by molar-refractivity contribution is 0.0786. The summed E-state index contributed by atoms with van der Waals surface area (Å²) in [4.78, 5) is 13.6. The van der Waals surface area contributed by atoms with E-state index in [9.17, 15) is 4.79 Å². The Hall–Kier alpha value is -1.16. The number of carbonyl (C=O) groups excluding carboxylic acids is 1. The molecule has 1 aliphatic heterocycles. The third-order valence-electron chi connectivity index (χ3n) is 2.43. The fraction of sp³-hybridized carbons (Fsp3) is 0.500. The second-order valence-corrected chi connectivity index (χ2v) is 4.31.